The molecule has 264 valence electrons. The van der Waals surface area contributed by atoms with Gasteiger partial charge in [0.25, 0.3) is 0 Å². The van der Waals surface area contributed by atoms with E-state index in [1.54, 1.807) is 0 Å². The quantitative estimate of drug-likeness (QED) is 0.108. The van der Waals surface area contributed by atoms with Crippen LogP contribution in [0.5, 0.6) is 5.75 Å². The summed E-state index contributed by atoms with van der Waals surface area (Å²) in [5.74, 6) is 0.565. The van der Waals surface area contributed by atoms with E-state index >= 15 is 0 Å². The van der Waals surface area contributed by atoms with Gasteiger partial charge in [-0.15, -0.1) is 0 Å². The van der Waals surface area contributed by atoms with Crippen LogP contribution in [0.3, 0.4) is 0 Å². The van der Waals surface area contributed by atoms with Crippen LogP contribution in [0.15, 0.2) is 54.6 Å². The van der Waals surface area contributed by atoms with Crippen molar-refractivity contribution in [2.24, 2.45) is 7.05 Å². The molecule has 7 rings (SSSR count). The molecule has 0 amide bonds. The highest BCUT2D eigenvalue weighted by atomic mass is 35.5. The maximum atomic E-state index is 14.4. The van der Waals surface area contributed by atoms with E-state index in [1.165, 1.54) is 12.8 Å². The van der Waals surface area contributed by atoms with Crippen LogP contribution in [0.25, 0.3) is 32.8 Å². The number of ether oxygens (including phenoxy) is 2. The van der Waals surface area contributed by atoms with Crippen LogP contribution < -0.4 is 4.74 Å². The first-order valence-corrected chi connectivity index (χ1v) is 18.4. The van der Waals surface area contributed by atoms with Crippen LogP contribution >= 0.6 is 11.6 Å². The average molecular weight is 696 g/mol. The highest BCUT2D eigenvalue weighted by molar-refractivity contribution is 6.35. The van der Waals surface area contributed by atoms with Crippen molar-refractivity contribution >= 4 is 39.2 Å². The smallest absolute Gasteiger partial charge is 0.355 e. The number of carbonyl (C=O) groups excluding carboxylic acids is 1. The van der Waals surface area contributed by atoms with Crippen LogP contribution in [0.1, 0.15) is 67.5 Å². The monoisotopic (exact) mass is 695 g/mol. The molecule has 0 atom stereocenters. The van der Waals surface area contributed by atoms with E-state index < -0.39 is 5.60 Å². The highest BCUT2D eigenvalue weighted by Crippen LogP contribution is 2.45. The van der Waals surface area contributed by atoms with Crippen molar-refractivity contribution in [3.05, 3.63) is 82.3 Å². The zero-order valence-electron chi connectivity index (χ0n) is 30.6. The minimum absolute atomic E-state index is 0.237. The summed E-state index contributed by atoms with van der Waals surface area (Å²) in [6, 6.07) is 18.5. The van der Waals surface area contributed by atoms with Crippen molar-refractivity contribution in [1.82, 2.24) is 24.1 Å². The first-order chi connectivity index (χ1) is 23.9. The molecule has 3 aromatic carbocycles. The summed E-state index contributed by atoms with van der Waals surface area (Å²) in [5.41, 5.74) is 6.03. The van der Waals surface area contributed by atoms with E-state index in [4.69, 9.17) is 26.2 Å². The fraction of sp³-hybridized carbons (Fsp3) is 0.463. The molecule has 1 saturated heterocycles. The molecule has 0 unspecified atom stereocenters. The lowest BCUT2D eigenvalue weighted by atomic mass is 9.98. The number of rotatable bonds is 10. The summed E-state index contributed by atoms with van der Waals surface area (Å²) in [6.45, 7) is 15.1. The van der Waals surface area contributed by atoms with Crippen LogP contribution in [-0.2, 0) is 24.8 Å². The van der Waals surface area contributed by atoms with E-state index in [1.807, 2.05) is 69.8 Å². The van der Waals surface area contributed by atoms with Crippen molar-refractivity contribution in [2.75, 3.05) is 39.8 Å². The first-order valence-electron chi connectivity index (χ1n) is 18.0. The third kappa shape index (κ3) is 6.54. The third-order valence-corrected chi connectivity index (χ3v) is 10.9. The summed E-state index contributed by atoms with van der Waals surface area (Å²) >= 11 is 7.17. The minimum atomic E-state index is -0.653. The summed E-state index contributed by atoms with van der Waals surface area (Å²) in [5, 5.41) is 8.69. The Morgan fingerprint density at radius 3 is 2.42 bits per heavy atom. The number of fused-ring (bicyclic) bond motifs is 2. The van der Waals surface area contributed by atoms with Gasteiger partial charge in [0.15, 0.2) is 0 Å². The van der Waals surface area contributed by atoms with Gasteiger partial charge in [-0.05, 0) is 90.4 Å². The predicted octanol–water partition coefficient (Wildman–Crippen LogP) is 8.21. The Morgan fingerprint density at radius 1 is 0.940 bits per heavy atom. The Labute approximate surface area is 300 Å². The molecule has 50 heavy (non-hydrogen) atoms. The number of hydrogen-bond donors (Lipinski definition) is 0. The van der Waals surface area contributed by atoms with E-state index in [0.29, 0.717) is 30.3 Å². The van der Waals surface area contributed by atoms with Crippen molar-refractivity contribution in [3.63, 3.8) is 0 Å². The van der Waals surface area contributed by atoms with Crippen LogP contribution in [0.4, 0.5) is 0 Å². The molecule has 9 heteroatoms. The number of aromatic nitrogens is 3. The van der Waals surface area contributed by atoms with Gasteiger partial charge >= 0.3 is 5.97 Å². The molecule has 2 fully saturated rings. The number of nitrogens with zero attached hydrogens (tertiary/aromatic N) is 5. The van der Waals surface area contributed by atoms with E-state index in [9.17, 15) is 4.79 Å². The molecule has 0 bridgehead atoms. The molecule has 8 nitrogen and oxygen atoms in total. The fourth-order valence-electron chi connectivity index (χ4n) is 8.05. The molecule has 2 aromatic heterocycles. The molecular weight excluding hydrogens is 646 g/mol. The van der Waals surface area contributed by atoms with E-state index in [0.717, 1.165) is 88.1 Å². The van der Waals surface area contributed by atoms with E-state index in [2.05, 4.69) is 52.6 Å². The van der Waals surface area contributed by atoms with Gasteiger partial charge in [-0.2, -0.15) is 5.10 Å². The number of benzene rings is 3. The largest absolute Gasteiger partial charge is 0.493 e. The zero-order valence-corrected chi connectivity index (χ0v) is 31.4. The van der Waals surface area contributed by atoms with Crippen molar-refractivity contribution in [1.29, 1.82) is 0 Å². The minimum Gasteiger partial charge on any atom is -0.493 e. The topological polar surface area (TPSA) is 64.8 Å². The standard InChI is InChI=1S/C41H50ClN5O3/c1-27-35(28(2)45(7)43-27)36-33(42)18-17-32-31(15-11-25-49-34-16-10-13-29-12-8-9-14-30(29)34)38(39(48)50-40(3,4)5)47(37(32)36)24-23-46-22-21-44(6)26-41(46)19-20-41/h8-10,12-14,16-18H,11,15,19-26H2,1-7H3. The van der Waals surface area contributed by atoms with Crippen LogP contribution in [-0.4, -0.2) is 81.1 Å². The number of aryl methyl sites for hydroxylation is 3. The van der Waals surface area contributed by atoms with Gasteiger partial charge in [-0.3, -0.25) is 9.58 Å². The number of piperazine rings is 1. The molecule has 5 aromatic rings. The molecule has 2 aliphatic rings. The Kier molecular flexibility index (Phi) is 9.25. The number of esters is 1. The van der Waals surface area contributed by atoms with Gasteiger partial charge in [0.2, 0.25) is 0 Å². The molecule has 1 aliphatic carbocycles. The lowest BCUT2D eigenvalue weighted by Crippen LogP contribution is -2.54. The summed E-state index contributed by atoms with van der Waals surface area (Å²) in [6.07, 6.45) is 3.81. The van der Waals surface area contributed by atoms with E-state index in [-0.39, 0.29) is 11.5 Å². The molecule has 1 saturated carbocycles. The van der Waals surface area contributed by atoms with Crippen molar-refractivity contribution in [2.45, 2.75) is 78.0 Å². The summed E-state index contributed by atoms with van der Waals surface area (Å²) in [7, 11) is 4.19. The molecule has 3 heterocycles. The molecule has 0 radical (unpaired) electrons. The second-order valence-corrected chi connectivity index (χ2v) is 15.8. The predicted molar refractivity (Wildman–Crippen MR) is 203 cm³/mol. The Balaban J connectivity index is 1.33. The highest BCUT2D eigenvalue weighted by Gasteiger charge is 2.50. The lowest BCUT2D eigenvalue weighted by Gasteiger charge is -2.41. The third-order valence-electron chi connectivity index (χ3n) is 10.6. The van der Waals surface area contributed by atoms with Crippen molar-refractivity contribution in [3.8, 4) is 16.9 Å². The Bertz CT molecular complexity index is 2060. The number of likely N-dealkylation sites (N-methyl/N-ethyl adjacent to an activating group) is 1. The number of carbonyl (C=O) groups is 1. The Morgan fingerprint density at radius 2 is 1.70 bits per heavy atom. The normalized spacial score (nSPS) is 16.5. The zero-order chi connectivity index (χ0) is 35.4. The van der Waals surface area contributed by atoms with Gasteiger partial charge < -0.3 is 18.9 Å². The number of halogens is 1. The van der Waals surface area contributed by atoms with Gasteiger partial charge in [-0.25, -0.2) is 4.79 Å². The first kappa shape index (κ1) is 34.6. The average Bonchev–Trinajstić information content (AvgIpc) is 3.68. The fourth-order valence-corrected chi connectivity index (χ4v) is 8.30. The van der Waals surface area contributed by atoms with Crippen LogP contribution in [0.2, 0.25) is 5.02 Å². The van der Waals surface area contributed by atoms with Gasteiger partial charge in [0.1, 0.15) is 17.0 Å². The second-order valence-electron chi connectivity index (χ2n) is 15.3. The van der Waals surface area contributed by atoms with Gasteiger partial charge in [-0.1, -0.05) is 54.1 Å². The van der Waals surface area contributed by atoms with Gasteiger partial charge in [0, 0.05) is 72.9 Å². The Hall–Kier alpha value is -3.85. The van der Waals surface area contributed by atoms with Crippen LogP contribution in [0, 0.1) is 13.8 Å². The second kappa shape index (κ2) is 13.4. The molecule has 0 N–H and O–H groups in total. The maximum Gasteiger partial charge on any atom is 0.355 e. The summed E-state index contributed by atoms with van der Waals surface area (Å²) < 4.78 is 16.7. The summed E-state index contributed by atoms with van der Waals surface area (Å²) in [4.78, 5) is 19.5. The van der Waals surface area contributed by atoms with Crippen molar-refractivity contribution < 1.29 is 14.3 Å². The number of hydrogen-bond acceptors (Lipinski definition) is 6. The molecule has 1 spiro atoms. The molecular formula is C41H50ClN5O3. The molecule has 1 aliphatic heterocycles. The maximum absolute atomic E-state index is 14.4. The SMILES string of the molecule is Cc1nn(C)c(C)c1-c1c(Cl)ccc2c(CCCOc3cccc4ccccc34)c(C(=O)OC(C)(C)C)n(CCN3CCN(C)CC34CC4)c12. The lowest BCUT2D eigenvalue weighted by molar-refractivity contribution is 0.00551. The van der Waals surface area contributed by atoms with Gasteiger partial charge in [0.05, 0.1) is 22.8 Å².